The summed E-state index contributed by atoms with van der Waals surface area (Å²) in [6.07, 6.45) is 1.53. The Morgan fingerprint density at radius 1 is 1.67 bits per heavy atom. The Hall–Kier alpha value is -0.570. The monoisotopic (exact) mass is 171 g/mol. The Kier molecular flexibility index (Phi) is 3.53. The van der Waals surface area contributed by atoms with Gasteiger partial charge in [0, 0.05) is 13.0 Å². The van der Waals surface area contributed by atoms with E-state index in [4.69, 9.17) is 9.84 Å². The molecule has 1 heterocycles. The van der Waals surface area contributed by atoms with Crippen LogP contribution in [0.2, 0.25) is 0 Å². The molecule has 1 N–H and O–H groups in total. The third-order valence-electron chi connectivity index (χ3n) is 2.05. The lowest BCUT2D eigenvalue weighted by atomic mass is 10.1. The Bertz CT molecular complexity index is 166. The number of aliphatic hydroxyl groups is 1. The van der Waals surface area contributed by atoms with Crippen molar-refractivity contribution in [3.63, 3.8) is 0 Å². The van der Waals surface area contributed by atoms with E-state index in [9.17, 15) is 0 Å². The van der Waals surface area contributed by atoms with Crippen molar-refractivity contribution in [1.29, 1.82) is 0 Å². The summed E-state index contributed by atoms with van der Waals surface area (Å²) in [6.45, 7) is 5.23. The van der Waals surface area contributed by atoms with Gasteiger partial charge in [0.05, 0.1) is 6.04 Å². The van der Waals surface area contributed by atoms with Gasteiger partial charge in [0.2, 0.25) is 0 Å². The minimum atomic E-state index is 0.217. The standard InChI is InChI=1S/C9H17NO2/c1-7(2)8-6-12-9(10-8)4-3-5-11/h7-8,11H,3-6H2,1-2H3. The molecule has 0 aliphatic carbocycles. The van der Waals surface area contributed by atoms with E-state index >= 15 is 0 Å². The zero-order chi connectivity index (χ0) is 8.97. The molecule has 12 heavy (non-hydrogen) atoms. The normalized spacial score (nSPS) is 22.7. The van der Waals surface area contributed by atoms with Gasteiger partial charge in [0.1, 0.15) is 6.61 Å². The predicted octanol–water partition coefficient (Wildman–Crippen LogP) is 1.21. The highest BCUT2D eigenvalue weighted by Gasteiger charge is 2.20. The smallest absolute Gasteiger partial charge is 0.183 e. The number of hydrogen-bond acceptors (Lipinski definition) is 3. The van der Waals surface area contributed by atoms with E-state index < -0.39 is 0 Å². The third kappa shape index (κ3) is 2.48. The molecular weight excluding hydrogens is 154 g/mol. The first kappa shape index (κ1) is 9.52. The zero-order valence-corrected chi connectivity index (χ0v) is 7.79. The minimum Gasteiger partial charge on any atom is -0.479 e. The second-order valence-corrected chi connectivity index (χ2v) is 3.47. The number of aliphatic hydroxyl groups excluding tert-OH is 1. The molecular formula is C9H17NO2. The summed E-state index contributed by atoms with van der Waals surface area (Å²) in [5.74, 6) is 1.37. The highest BCUT2D eigenvalue weighted by Crippen LogP contribution is 2.15. The maximum atomic E-state index is 8.59. The topological polar surface area (TPSA) is 41.8 Å². The number of nitrogens with zero attached hydrogens (tertiary/aromatic N) is 1. The molecule has 3 nitrogen and oxygen atoms in total. The molecule has 0 saturated heterocycles. The number of ether oxygens (including phenoxy) is 1. The molecule has 0 radical (unpaired) electrons. The molecule has 0 amide bonds. The van der Waals surface area contributed by atoms with Crippen LogP contribution in [0.5, 0.6) is 0 Å². The highest BCUT2D eigenvalue weighted by atomic mass is 16.5. The lowest BCUT2D eigenvalue weighted by molar-refractivity contribution is 0.270. The van der Waals surface area contributed by atoms with Crippen LogP contribution in [-0.2, 0) is 4.74 Å². The van der Waals surface area contributed by atoms with Gasteiger partial charge in [0.25, 0.3) is 0 Å². The Morgan fingerprint density at radius 3 is 2.92 bits per heavy atom. The van der Waals surface area contributed by atoms with Crippen molar-refractivity contribution in [3.05, 3.63) is 0 Å². The van der Waals surface area contributed by atoms with Crippen LogP contribution in [0.3, 0.4) is 0 Å². The second kappa shape index (κ2) is 4.45. The van der Waals surface area contributed by atoms with Gasteiger partial charge in [-0.05, 0) is 12.3 Å². The molecule has 0 aromatic carbocycles. The van der Waals surface area contributed by atoms with Gasteiger partial charge in [0.15, 0.2) is 5.90 Å². The molecule has 0 fully saturated rings. The molecule has 0 aromatic heterocycles. The summed E-state index contributed by atoms with van der Waals surface area (Å²) >= 11 is 0. The fourth-order valence-corrected chi connectivity index (χ4v) is 1.15. The first-order valence-corrected chi connectivity index (χ1v) is 4.54. The number of aliphatic imine (C=N–C) groups is 1. The van der Waals surface area contributed by atoms with Crippen molar-refractivity contribution in [1.82, 2.24) is 0 Å². The molecule has 70 valence electrons. The van der Waals surface area contributed by atoms with Crippen LogP contribution < -0.4 is 0 Å². The van der Waals surface area contributed by atoms with E-state index in [0.29, 0.717) is 12.0 Å². The zero-order valence-electron chi connectivity index (χ0n) is 7.79. The van der Waals surface area contributed by atoms with Crippen LogP contribution in [0.25, 0.3) is 0 Å². The Morgan fingerprint density at radius 2 is 2.42 bits per heavy atom. The van der Waals surface area contributed by atoms with Crippen LogP contribution >= 0.6 is 0 Å². The van der Waals surface area contributed by atoms with Crippen molar-refractivity contribution < 1.29 is 9.84 Å². The molecule has 3 heteroatoms. The quantitative estimate of drug-likeness (QED) is 0.690. The van der Waals surface area contributed by atoms with E-state index in [1.165, 1.54) is 0 Å². The lowest BCUT2D eigenvalue weighted by Crippen LogP contribution is -2.13. The molecule has 0 spiro atoms. The summed E-state index contributed by atoms with van der Waals surface area (Å²) in [7, 11) is 0. The average Bonchev–Trinajstić information content (AvgIpc) is 2.48. The summed E-state index contributed by atoms with van der Waals surface area (Å²) in [6, 6.07) is 0.332. The summed E-state index contributed by atoms with van der Waals surface area (Å²) in [5, 5.41) is 8.59. The fourth-order valence-electron chi connectivity index (χ4n) is 1.15. The third-order valence-corrected chi connectivity index (χ3v) is 2.05. The van der Waals surface area contributed by atoms with Crippen molar-refractivity contribution in [2.45, 2.75) is 32.7 Å². The van der Waals surface area contributed by atoms with Crippen molar-refractivity contribution >= 4 is 5.90 Å². The average molecular weight is 171 g/mol. The van der Waals surface area contributed by atoms with Crippen molar-refractivity contribution in [3.8, 4) is 0 Å². The summed E-state index contributed by atoms with van der Waals surface area (Å²) in [5.41, 5.74) is 0. The highest BCUT2D eigenvalue weighted by molar-refractivity contribution is 5.77. The summed E-state index contributed by atoms with van der Waals surface area (Å²) in [4.78, 5) is 4.41. The van der Waals surface area contributed by atoms with Crippen LogP contribution in [0, 0.1) is 5.92 Å². The maximum absolute atomic E-state index is 8.59. The van der Waals surface area contributed by atoms with Crippen LogP contribution in [0.4, 0.5) is 0 Å². The van der Waals surface area contributed by atoms with Crippen molar-refractivity contribution in [2.75, 3.05) is 13.2 Å². The minimum absolute atomic E-state index is 0.217. The molecule has 1 unspecified atom stereocenters. The predicted molar refractivity (Wildman–Crippen MR) is 48.3 cm³/mol. The molecule has 1 rings (SSSR count). The Balaban J connectivity index is 2.32. The van der Waals surface area contributed by atoms with Gasteiger partial charge in [-0.25, -0.2) is 4.99 Å². The van der Waals surface area contributed by atoms with E-state index in [1.54, 1.807) is 0 Å². The van der Waals surface area contributed by atoms with Crippen LogP contribution in [0.1, 0.15) is 26.7 Å². The second-order valence-electron chi connectivity index (χ2n) is 3.47. The molecule has 0 aromatic rings. The first-order valence-electron chi connectivity index (χ1n) is 4.54. The van der Waals surface area contributed by atoms with Gasteiger partial charge in [-0.15, -0.1) is 0 Å². The van der Waals surface area contributed by atoms with Crippen LogP contribution in [-0.4, -0.2) is 30.3 Å². The fraction of sp³-hybridized carbons (Fsp3) is 0.889. The Labute approximate surface area is 73.5 Å². The first-order chi connectivity index (χ1) is 5.74. The summed E-state index contributed by atoms with van der Waals surface area (Å²) < 4.78 is 5.37. The number of hydrogen-bond donors (Lipinski definition) is 1. The lowest BCUT2D eigenvalue weighted by Gasteiger charge is -2.06. The van der Waals surface area contributed by atoms with Gasteiger partial charge in [-0.2, -0.15) is 0 Å². The van der Waals surface area contributed by atoms with E-state index in [2.05, 4.69) is 18.8 Å². The maximum Gasteiger partial charge on any atom is 0.183 e. The van der Waals surface area contributed by atoms with E-state index in [-0.39, 0.29) is 6.61 Å². The van der Waals surface area contributed by atoms with Gasteiger partial charge >= 0.3 is 0 Å². The molecule has 0 bridgehead atoms. The van der Waals surface area contributed by atoms with E-state index in [1.807, 2.05) is 0 Å². The molecule has 1 atom stereocenters. The van der Waals surface area contributed by atoms with Gasteiger partial charge in [-0.1, -0.05) is 13.8 Å². The van der Waals surface area contributed by atoms with Crippen molar-refractivity contribution in [2.24, 2.45) is 10.9 Å². The van der Waals surface area contributed by atoms with Crippen LogP contribution in [0.15, 0.2) is 4.99 Å². The van der Waals surface area contributed by atoms with Gasteiger partial charge in [-0.3, -0.25) is 0 Å². The largest absolute Gasteiger partial charge is 0.479 e. The molecule has 1 aliphatic rings. The van der Waals surface area contributed by atoms with E-state index in [0.717, 1.165) is 25.3 Å². The van der Waals surface area contributed by atoms with Gasteiger partial charge < -0.3 is 9.84 Å². The molecule has 0 saturated carbocycles. The SMILES string of the molecule is CC(C)C1COC(CCCO)=N1. The molecule has 1 aliphatic heterocycles. The number of rotatable bonds is 4.